The summed E-state index contributed by atoms with van der Waals surface area (Å²) in [6.45, 7) is 14.7. The third-order valence-corrected chi connectivity index (χ3v) is 9.26. The van der Waals surface area contributed by atoms with E-state index in [0.717, 1.165) is 63.1 Å². The van der Waals surface area contributed by atoms with Crippen LogP contribution in [0.3, 0.4) is 0 Å². The van der Waals surface area contributed by atoms with Gasteiger partial charge in [-0.3, -0.25) is 9.69 Å². The second-order valence-electron chi connectivity index (χ2n) is 13.2. The van der Waals surface area contributed by atoms with E-state index >= 15 is 0 Å². The highest BCUT2D eigenvalue weighted by Crippen LogP contribution is 2.48. The van der Waals surface area contributed by atoms with Crippen LogP contribution in [0.4, 0.5) is 0 Å². The Morgan fingerprint density at radius 2 is 1.86 bits per heavy atom. The fourth-order valence-corrected chi connectivity index (χ4v) is 6.82. The van der Waals surface area contributed by atoms with Crippen LogP contribution in [-0.4, -0.2) is 60.6 Å². The molecule has 1 atom stereocenters. The maximum Gasteiger partial charge on any atom is 0.311 e. The van der Waals surface area contributed by atoms with Gasteiger partial charge in [-0.25, -0.2) is 0 Å². The molecule has 1 aromatic carbocycles. The van der Waals surface area contributed by atoms with Crippen molar-refractivity contribution in [1.29, 1.82) is 0 Å². The Labute approximate surface area is 262 Å². The van der Waals surface area contributed by atoms with E-state index in [-0.39, 0.29) is 18.4 Å². The van der Waals surface area contributed by atoms with Gasteiger partial charge in [-0.15, -0.1) is 18.8 Å². The largest absolute Gasteiger partial charge is 0.483 e. The molecule has 1 aromatic rings. The van der Waals surface area contributed by atoms with Crippen LogP contribution >= 0.6 is 12.4 Å². The molecule has 0 N–H and O–H groups in total. The van der Waals surface area contributed by atoms with Crippen LogP contribution in [0.25, 0.3) is 5.57 Å². The molecule has 1 fully saturated rings. The highest BCUT2D eigenvalue weighted by atomic mass is 35.5. The van der Waals surface area contributed by atoms with E-state index in [1.165, 1.54) is 74.7 Å². The first-order valence-electron chi connectivity index (χ1n) is 16.5. The Balaban J connectivity index is 0.00000484. The van der Waals surface area contributed by atoms with E-state index in [0.29, 0.717) is 24.6 Å². The Morgan fingerprint density at radius 1 is 1.07 bits per heavy atom. The van der Waals surface area contributed by atoms with Crippen molar-refractivity contribution in [3.05, 3.63) is 28.8 Å². The number of fused-ring (bicyclic) bond motifs is 2. The number of carbonyl (C=O) groups is 1. The molecule has 5 nitrogen and oxygen atoms in total. The minimum atomic E-state index is -0.396. The van der Waals surface area contributed by atoms with Gasteiger partial charge < -0.3 is 14.4 Å². The molecule has 0 aromatic heterocycles. The number of esters is 1. The van der Waals surface area contributed by atoms with E-state index in [1.54, 1.807) is 0 Å². The number of nitrogens with zero attached hydrogens (tertiary/aromatic N) is 2. The van der Waals surface area contributed by atoms with Crippen LogP contribution in [0.1, 0.15) is 116 Å². The summed E-state index contributed by atoms with van der Waals surface area (Å²) in [5, 5.41) is 0. The summed E-state index contributed by atoms with van der Waals surface area (Å²) in [6, 6.07) is 4.32. The summed E-state index contributed by atoms with van der Waals surface area (Å²) in [7, 11) is 0. The van der Waals surface area contributed by atoms with Crippen molar-refractivity contribution < 1.29 is 14.3 Å². The lowest BCUT2D eigenvalue weighted by Gasteiger charge is -2.42. The first-order chi connectivity index (χ1) is 19.8. The van der Waals surface area contributed by atoms with Crippen molar-refractivity contribution in [2.24, 2.45) is 5.92 Å². The molecule has 6 heteroatoms. The van der Waals surface area contributed by atoms with E-state index in [2.05, 4.69) is 55.5 Å². The quantitative estimate of drug-likeness (QED) is 0.0937. The highest BCUT2D eigenvalue weighted by molar-refractivity contribution is 5.85. The van der Waals surface area contributed by atoms with Gasteiger partial charge in [0.2, 0.25) is 0 Å². The molecule has 234 valence electrons. The van der Waals surface area contributed by atoms with Gasteiger partial charge in [0.05, 0.1) is 12.1 Å². The third-order valence-electron chi connectivity index (χ3n) is 9.26. The topological polar surface area (TPSA) is 42.0 Å². The van der Waals surface area contributed by atoms with Crippen molar-refractivity contribution in [2.45, 2.75) is 117 Å². The van der Waals surface area contributed by atoms with Gasteiger partial charge in [-0.1, -0.05) is 51.9 Å². The summed E-state index contributed by atoms with van der Waals surface area (Å²) >= 11 is 0. The van der Waals surface area contributed by atoms with E-state index < -0.39 is 5.60 Å². The molecule has 0 aliphatic carbocycles. The Kier molecular flexibility index (Phi) is 13.7. The molecule has 0 spiro atoms. The second-order valence-corrected chi connectivity index (χ2v) is 13.2. The summed E-state index contributed by atoms with van der Waals surface area (Å²) in [4.78, 5) is 18.0. The smallest absolute Gasteiger partial charge is 0.311 e. The van der Waals surface area contributed by atoms with Gasteiger partial charge in [0.15, 0.2) is 0 Å². The predicted molar refractivity (Wildman–Crippen MR) is 177 cm³/mol. The number of likely N-dealkylation sites (tertiary alicyclic amines) is 1. The fraction of sp³-hybridized carbons (Fsp3) is 0.694. The maximum absolute atomic E-state index is 13.2. The molecule has 0 radical (unpaired) electrons. The molecular formula is C36H55ClN2O3. The van der Waals surface area contributed by atoms with E-state index in [4.69, 9.17) is 15.9 Å². The summed E-state index contributed by atoms with van der Waals surface area (Å²) in [6.07, 6.45) is 20.1. The zero-order valence-electron chi connectivity index (χ0n) is 26.8. The lowest BCUT2D eigenvalue weighted by atomic mass is 9.81. The van der Waals surface area contributed by atoms with Crippen molar-refractivity contribution in [3.8, 4) is 23.8 Å². The molecular weight excluding hydrogens is 544 g/mol. The maximum atomic E-state index is 13.2. The molecule has 42 heavy (non-hydrogen) atoms. The lowest BCUT2D eigenvalue weighted by molar-refractivity contribution is -0.134. The van der Waals surface area contributed by atoms with Crippen molar-refractivity contribution >= 4 is 23.9 Å². The molecule has 3 aliphatic rings. The molecule has 0 bridgehead atoms. The van der Waals surface area contributed by atoms with Crippen LogP contribution in [0.15, 0.2) is 17.7 Å². The van der Waals surface area contributed by atoms with Crippen molar-refractivity contribution in [1.82, 2.24) is 9.80 Å². The molecule has 3 heterocycles. The number of ether oxygens (including phenoxy) is 2. The first-order valence-corrected chi connectivity index (χ1v) is 16.5. The number of hydrogen-bond acceptors (Lipinski definition) is 5. The average molecular weight is 599 g/mol. The summed E-state index contributed by atoms with van der Waals surface area (Å²) < 4.78 is 12.9. The molecule has 0 saturated carbocycles. The SMILES string of the molecule is C#CCN1CCC2=C(C1)c1c(OC(=O)CCCCN3CCCCC3)cc(CCC(C)CCCCC)cc1OC2(C)C.Cl. The highest BCUT2D eigenvalue weighted by Gasteiger charge is 2.39. The zero-order valence-corrected chi connectivity index (χ0v) is 27.6. The van der Waals surface area contributed by atoms with Crippen LogP contribution in [0, 0.1) is 18.3 Å². The summed E-state index contributed by atoms with van der Waals surface area (Å²) in [5.74, 6) is 4.86. The number of aryl methyl sites for hydroxylation is 1. The minimum Gasteiger partial charge on any atom is -0.483 e. The van der Waals surface area contributed by atoms with Gasteiger partial charge in [-0.05, 0) is 113 Å². The van der Waals surface area contributed by atoms with Gasteiger partial charge >= 0.3 is 5.97 Å². The van der Waals surface area contributed by atoms with Gasteiger partial charge in [0.25, 0.3) is 0 Å². The van der Waals surface area contributed by atoms with Gasteiger partial charge in [-0.2, -0.15) is 0 Å². The van der Waals surface area contributed by atoms with Crippen molar-refractivity contribution in [3.63, 3.8) is 0 Å². The molecule has 0 amide bonds. The molecule has 1 unspecified atom stereocenters. The second kappa shape index (κ2) is 16.7. The number of unbranched alkanes of at least 4 members (excludes halogenated alkanes) is 3. The van der Waals surface area contributed by atoms with Crippen LogP contribution in [-0.2, 0) is 11.2 Å². The standard InChI is InChI=1S/C36H54N2O3.ClH/c1-6-8-10-15-28(3)17-18-29-25-32(40-34(39)16-11-14-23-37-21-12-9-13-22-37)35-30-27-38(20-7-2)24-19-31(30)36(4,5)41-33(35)26-29;/h2,25-26,28H,6,8-24,27H2,1,3-5H3;1H. The van der Waals surface area contributed by atoms with Crippen LogP contribution in [0.5, 0.6) is 11.5 Å². The number of carbonyl (C=O) groups excluding carboxylic acids is 1. The first kappa shape index (κ1) is 34.5. The van der Waals surface area contributed by atoms with Crippen LogP contribution < -0.4 is 9.47 Å². The number of terminal acetylenes is 1. The number of benzene rings is 1. The Hall–Kier alpha value is -2.00. The normalized spacial score (nSPS) is 19.1. The predicted octanol–water partition coefficient (Wildman–Crippen LogP) is 8.08. The average Bonchev–Trinajstić information content (AvgIpc) is 2.94. The third kappa shape index (κ3) is 9.50. The van der Waals surface area contributed by atoms with E-state index in [1.807, 2.05) is 0 Å². The number of rotatable bonds is 14. The zero-order chi connectivity index (χ0) is 29.2. The fourth-order valence-electron chi connectivity index (χ4n) is 6.82. The van der Waals surface area contributed by atoms with Gasteiger partial charge in [0.1, 0.15) is 17.1 Å². The number of piperidine rings is 1. The molecule has 3 aliphatic heterocycles. The van der Waals surface area contributed by atoms with Gasteiger partial charge in [0, 0.05) is 19.5 Å². The van der Waals surface area contributed by atoms with Crippen molar-refractivity contribution in [2.75, 3.05) is 39.3 Å². The summed E-state index contributed by atoms with van der Waals surface area (Å²) in [5.41, 5.74) is 4.28. The molecule has 4 rings (SSSR count). The number of hydrogen-bond donors (Lipinski definition) is 0. The monoisotopic (exact) mass is 598 g/mol. The molecule has 1 saturated heterocycles. The number of halogens is 1. The minimum absolute atomic E-state index is 0. The Morgan fingerprint density at radius 3 is 2.60 bits per heavy atom. The Bertz CT molecular complexity index is 1100. The van der Waals surface area contributed by atoms with E-state index in [9.17, 15) is 4.79 Å². The van der Waals surface area contributed by atoms with Crippen LogP contribution in [0.2, 0.25) is 0 Å². The lowest BCUT2D eigenvalue weighted by Crippen LogP contribution is -2.42.